The summed E-state index contributed by atoms with van der Waals surface area (Å²) in [6, 6.07) is 8.51. The van der Waals surface area contributed by atoms with Crippen LogP contribution in [0.4, 0.5) is 0 Å². The molecule has 1 aliphatic rings. The van der Waals surface area contributed by atoms with Crippen LogP contribution in [-0.4, -0.2) is 0 Å². The van der Waals surface area contributed by atoms with Crippen LogP contribution in [0.5, 0.6) is 0 Å². The first-order valence-corrected chi connectivity index (χ1v) is 5.73. The topological polar surface area (TPSA) is 0 Å². The molecule has 0 saturated heterocycles. The van der Waals surface area contributed by atoms with Crippen molar-refractivity contribution in [1.82, 2.24) is 0 Å². The lowest BCUT2D eigenvalue weighted by Crippen LogP contribution is -2.00. The molecule has 0 bridgehead atoms. The van der Waals surface area contributed by atoms with E-state index in [1.54, 1.807) is 0 Å². The van der Waals surface area contributed by atoms with Gasteiger partial charge in [-0.15, -0.1) is 0 Å². The van der Waals surface area contributed by atoms with Gasteiger partial charge in [0.15, 0.2) is 0 Å². The number of hydrogen-bond acceptors (Lipinski definition) is 0. The van der Waals surface area contributed by atoms with Crippen molar-refractivity contribution in [1.29, 1.82) is 0 Å². The highest BCUT2D eigenvalue weighted by Gasteiger charge is 2.11. The van der Waals surface area contributed by atoms with E-state index in [9.17, 15) is 0 Å². The smallest absolute Gasteiger partial charge is 0.00109 e. The molecule has 0 aliphatic heterocycles. The Balaban J connectivity index is 2.41. The zero-order valence-electron chi connectivity index (χ0n) is 10.2. The predicted octanol–water partition coefficient (Wildman–Crippen LogP) is 4.53. The summed E-state index contributed by atoms with van der Waals surface area (Å²) in [5.74, 6) is 0. The van der Waals surface area contributed by atoms with Crippen molar-refractivity contribution >= 4 is 5.57 Å². The Bertz CT molecular complexity index is 471. The van der Waals surface area contributed by atoms with E-state index in [0.29, 0.717) is 0 Å². The van der Waals surface area contributed by atoms with Gasteiger partial charge < -0.3 is 0 Å². The summed E-state index contributed by atoms with van der Waals surface area (Å²) in [6.07, 6.45) is 11.1. The molecule has 0 fully saturated rings. The van der Waals surface area contributed by atoms with Crippen molar-refractivity contribution in [2.75, 3.05) is 0 Å². The average Bonchev–Trinajstić information content (AvgIpc) is 2.40. The van der Waals surface area contributed by atoms with Crippen molar-refractivity contribution in [3.05, 3.63) is 65.8 Å². The van der Waals surface area contributed by atoms with Crippen molar-refractivity contribution < 1.29 is 0 Å². The highest BCUT2D eigenvalue weighted by molar-refractivity contribution is 5.77. The quantitative estimate of drug-likeness (QED) is 0.638. The van der Waals surface area contributed by atoms with Gasteiger partial charge in [0.2, 0.25) is 0 Å². The Morgan fingerprint density at radius 2 is 1.75 bits per heavy atom. The lowest BCUT2D eigenvalue weighted by Gasteiger charge is -2.12. The SMILES string of the molecule is Cc1ccccc1C1=CC=CC(C)(C)C=C1. The molecular formula is C16H18. The van der Waals surface area contributed by atoms with E-state index in [1.165, 1.54) is 16.7 Å². The fourth-order valence-electron chi connectivity index (χ4n) is 1.89. The third kappa shape index (κ3) is 2.33. The van der Waals surface area contributed by atoms with Crippen LogP contribution in [0, 0.1) is 12.3 Å². The Morgan fingerprint density at radius 3 is 2.50 bits per heavy atom. The van der Waals surface area contributed by atoms with Crippen LogP contribution in [0.3, 0.4) is 0 Å². The molecule has 82 valence electrons. The van der Waals surface area contributed by atoms with Gasteiger partial charge in [0.05, 0.1) is 0 Å². The number of benzene rings is 1. The van der Waals surface area contributed by atoms with Gasteiger partial charge in [0.1, 0.15) is 0 Å². The first-order valence-electron chi connectivity index (χ1n) is 5.73. The van der Waals surface area contributed by atoms with E-state index in [0.717, 1.165) is 0 Å². The Morgan fingerprint density at radius 1 is 1.00 bits per heavy atom. The molecule has 2 rings (SSSR count). The summed E-state index contributed by atoms with van der Waals surface area (Å²) in [6.45, 7) is 6.59. The molecule has 0 radical (unpaired) electrons. The Hall–Kier alpha value is -1.56. The monoisotopic (exact) mass is 210 g/mol. The van der Waals surface area contributed by atoms with Crippen molar-refractivity contribution in [2.24, 2.45) is 5.41 Å². The fourth-order valence-corrected chi connectivity index (χ4v) is 1.89. The standard InChI is InChI=1S/C16H18/c1-13-7-4-5-9-15(13)14-8-6-11-16(2,3)12-10-14/h4-12H,1-3H3. The lowest BCUT2D eigenvalue weighted by atomic mass is 9.92. The van der Waals surface area contributed by atoms with Crippen molar-refractivity contribution in [3.8, 4) is 0 Å². The second-order valence-corrected chi connectivity index (χ2v) is 4.95. The van der Waals surface area contributed by atoms with E-state index in [1.807, 2.05) is 0 Å². The molecule has 0 heteroatoms. The molecular weight excluding hydrogens is 192 g/mol. The van der Waals surface area contributed by atoms with Crippen molar-refractivity contribution in [2.45, 2.75) is 20.8 Å². The predicted molar refractivity (Wildman–Crippen MR) is 71.2 cm³/mol. The van der Waals surface area contributed by atoms with Gasteiger partial charge >= 0.3 is 0 Å². The summed E-state index contributed by atoms with van der Waals surface area (Å²) in [5.41, 5.74) is 4.09. The van der Waals surface area contributed by atoms with Gasteiger partial charge in [0, 0.05) is 5.41 Å². The molecule has 0 atom stereocenters. The van der Waals surface area contributed by atoms with Crippen LogP contribution < -0.4 is 0 Å². The summed E-state index contributed by atoms with van der Waals surface area (Å²) in [5, 5.41) is 0. The first kappa shape index (κ1) is 10.9. The summed E-state index contributed by atoms with van der Waals surface area (Å²) in [4.78, 5) is 0. The van der Waals surface area contributed by atoms with E-state index in [4.69, 9.17) is 0 Å². The maximum Gasteiger partial charge on any atom is 0.00109 e. The maximum absolute atomic E-state index is 2.26. The zero-order chi connectivity index (χ0) is 11.6. The van der Waals surface area contributed by atoms with Gasteiger partial charge in [0.25, 0.3) is 0 Å². The molecule has 1 aromatic rings. The molecule has 0 nitrogen and oxygen atoms in total. The van der Waals surface area contributed by atoms with Crippen LogP contribution in [0.1, 0.15) is 25.0 Å². The summed E-state index contributed by atoms with van der Waals surface area (Å²) >= 11 is 0. The Labute approximate surface area is 98.0 Å². The minimum absolute atomic E-state index is 0.154. The molecule has 0 spiro atoms. The van der Waals surface area contributed by atoms with E-state index in [-0.39, 0.29) is 5.41 Å². The fraction of sp³-hybridized carbons (Fsp3) is 0.250. The summed E-state index contributed by atoms with van der Waals surface area (Å²) in [7, 11) is 0. The number of hydrogen-bond donors (Lipinski definition) is 0. The van der Waals surface area contributed by atoms with Crippen LogP contribution >= 0.6 is 0 Å². The van der Waals surface area contributed by atoms with Crippen LogP contribution in [0.2, 0.25) is 0 Å². The highest BCUT2D eigenvalue weighted by Crippen LogP contribution is 2.27. The molecule has 1 aromatic carbocycles. The second-order valence-electron chi connectivity index (χ2n) is 4.95. The highest BCUT2D eigenvalue weighted by atomic mass is 14.2. The normalized spacial score (nSPS) is 18.1. The van der Waals surface area contributed by atoms with Gasteiger partial charge in [-0.25, -0.2) is 0 Å². The maximum atomic E-state index is 2.26. The van der Waals surface area contributed by atoms with E-state index < -0.39 is 0 Å². The minimum atomic E-state index is 0.154. The summed E-state index contributed by atoms with van der Waals surface area (Å²) < 4.78 is 0. The first-order chi connectivity index (χ1) is 7.58. The van der Waals surface area contributed by atoms with Crippen molar-refractivity contribution in [3.63, 3.8) is 0 Å². The van der Waals surface area contributed by atoms with Gasteiger partial charge in [-0.2, -0.15) is 0 Å². The number of rotatable bonds is 1. The molecule has 0 amide bonds. The average molecular weight is 210 g/mol. The Kier molecular flexibility index (Phi) is 2.82. The van der Waals surface area contributed by atoms with Gasteiger partial charge in [-0.3, -0.25) is 0 Å². The largest absolute Gasteiger partial charge is 0.0751 e. The van der Waals surface area contributed by atoms with Crippen LogP contribution in [0.25, 0.3) is 5.57 Å². The number of aryl methyl sites for hydroxylation is 1. The van der Waals surface area contributed by atoms with E-state index in [2.05, 4.69) is 75.4 Å². The molecule has 1 aliphatic carbocycles. The molecule has 0 saturated carbocycles. The van der Waals surface area contributed by atoms with Gasteiger partial charge in [-0.1, -0.05) is 68.5 Å². The third-order valence-electron chi connectivity index (χ3n) is 2.95. The van der Waals surface area contributed by atoms with Crippen LogP contribution in [0.15, 0.2) is 54.6 Å². The van der Waals surface area contributed by atoms with E-state index >= 15 is 0 Å². The molecule has 0 aromatic heterocycles. The zero-order valence-corrected chi connectivity index (χ0v) is 10.2. The third-order valence-corrected chi connectivity index (χ3v) is 2.95. The molecule has 0 heterocycles. The molecule has 16 heavy (non-hydrogen) atoms. The van der Waals surface area contributed by atoms with Crippen LogP contribution in [-0.2, 0) is 0 Å². The lowest BCUT2D eigenvalue weighted by molar-refractivity contribution is 0.627. The molecule has 0 N–H and O–H groups in total. The molecule has 0 unspecified atom stereocenters. The minimum Gasteiger partial charge on any atom is -0.0751 e. The second kappa shape index (κ2) is 4.13. The number of allylic oxidation sites excluding steroid dienone is 6. The van der Waals surface area contributed by atoms with Gasteiger partial charge in [-0.05, 0) is 23.6 Å².